The maximum absolute atomic E-state index is 12.5. The van der Waals surface area contributed by atoms with Crippen LogP contribution in [0.5, 0.6) is 5.75 Å². The van der Waals surface area contributed by atoms with Crippen molar-refractivity contribution in [2.45, 2.75) is 11.3 Å². The second kappa shape index (κ2) is 6.67. The monoisotopic (exact) mass is 384 g/mol. The summed E-state index contributed by atoms with van der Waals surface area (Å²) in [6, 6.07) is 10.3. The molecule has 0 aliphatic rings. The van der Waals surface area contributed by atoms with Crippen LogP contribution in [0.2, 0.25) is 0 Å². The Morgan fingerprint density at radius 1 is 1.04 bits per heavy atom. The second-order valence-corrected chi connectivity index (χ2v) is 6.66. The quantitative estimate of drug-likeness (QED) is 0.731. The zero-order valence-electron chi connectivity index (χ0n) is 12.9. The van der Waals surface area contributed by atoms with Crippen LogP contribution in [0.3, 0.4) is 0 Å². The third kappa shape index (κ3) is 4.11. The van der Waals surface area contributed by atoms with Gasteiger partial charge in [0.1, 0.15) is 18.4 Å². The van der Waals surface area contributed by atoms with Crippen molar-refractivity contribution in [2.24, 2.45) is 0 Å². The number of nitrogens with one attached hydrogen (secondary N) is 1. The smallest absolute Gasteiger partial charge is 0.406 e. The summed E-state index contributed by atoms with van der Waals surface area (Å²) >= 11 is 0. The van der Waals surface area contributed by atoms with E-state index in [4.69, 9.17) is 0 Å². The first kappa shape index (κ1) is 17.7. The van der Waals surface area contributed by atoms with E-state index in [1.54, 1.807) is 18.2 Å². The van der Waals surface area contributed by atoms with Gasteiger partial charge >= 0.3 is 6.36 Å². The summed E-state index contributed by atoms with van der Waals surface area (Å²) in [5.41, 5.74) is 0.666. The molecular formula is C15H11F3N4O3S. The molecule has 0 aliphatic carbocycles. The maximum Gasteiger partial charge on any atom is 0.573 e. The Kier molecular flexibility index (Phi) is 4.55. The van der Waals surface area contributed by atoms with Crippen molar-refractivity contribution in [1.82, 2.24) is 14.8 Å². The lowest BCUT2D eigenvalue weighted by atomic mass is 10.3. The first-order valence-electron chi connectivity index (χ1n) is 7.07. The van der Waals surface area contributed by atoms with Gasteiger partial charge in [-0.2, -0.15) is 5.10 Å². The molecule has 0 spiro atoms. The third-order valence-corrected chi connectivity index (χ3v) is 4.56. The number of ether oxygens (including phenoxy) is 1. The maximum atomic E-state index is 12.5. The van der Waals surface area contributed by atoms with Crippen LogP contribution in [0.4, 0.5) is 18.9 Å². The SMILES string of the molecule is O=S(=O)(Nc1ccccc1-n1cncn1)c1ccc(OC(F)(F)F)cc1. The Morgan fingerprint density at radius 3 is 2.35 bits per heavy atom. The molecule has 1 heterocycles. The molecule has 1 N–H and O–H groups in total. The Morgan fingerprint density at radius 2 is 1.73 bits per heavy atom. The van der Waals surface area contributed by atoms with Crippen LogP contribution in [0, 0.1) is 0 Å². The molecule has 3 aromatic rings. The van der Waals surface area contributed by atoms with Gasteiger partial charge in [-0.3, -0.25) is 4.72 Å². The summed E-state index contributed by atoms with van der Waals surface area (Å²) in [6.07, 6.45) is -2.16. The molecule has 0 aliphatic heterocycles. The molecule has 0 saturated heterocycles. The minimum atomic E-state index is -4.85. The Labute approximate surface area is 146 Å². The van der Waals surface area contributed by atoms with Gasteiger partial charge in [0.2, 0.25) is 0 Å². The fourth-order valence-electron chi connectivity index (χ4n) is 2.12. The number of nitrogens with zero attached hydrogens (tertiary/aromatic N) is 3. The van der Waals surface area contributed by atoms with E-state index in [1.165, 1.54) is 23.4 Å². The summed E-state index contributed by atoms with van der Waals surface area (Å²) in [5, 5.41) is 3.94. The predicted octanol–water partition coefficient (Wildman–Crippen LogP) is 2.97. The van der Waals surface area contributed by atoms with E-state index in [1.807, 2.05) is 0 Å². The van der Waals surface area contributed by atoms with Crippen LogP contribution in [-0.2, 0) is 10.0 Å². The molecule has 0 amide bonds. The van der Waals surface area contributed by atoms with E-state index in [9.17, 15) is 21.6 Å². The summed E-state index contributed by atoms with van der Waals surface area (Å²) in [7, 11) is -4.04. The number of aromatic nitrogens is 3. The molecule has 3 rings (SSSR count). The van der Waals surface area contributed by atoms with Crippen LogP contribution in [0.15, 0.2) is 66.1 Å². The molecular weight excluding hydrogens is 373 g/mol. The molecule has 1 aromatic heterocycles. The average Bonchev–Trinajstić information content (AvgIpc) is 3.08. The molecule has 2 aromatic carbocycles. The largest absolute Gasteiger partial charge is 0.573 e. The number of alkyl halides is 3. The molecule has 0 radical (unpaired) electrons. The first-order valence-corrected chi connectivity index (χ1v) is 8.56. The van der Waals surface area contributed by atoms with Gasteiger partial charge in [0, 0.05) is 0 Å². The molecule has 136 valence electrons. The van der Waals surface area contributed by atoms with Gasteiger partial charge in [0.25, 0.3) is 10.0 Å². The highest BCUT2D eigenvalue weighted by molar-refractivity contribution is 7.92. The normalized spacial score (nSPS) is 12.0. The second-order valence-electron chi connectivity index (χ2n) is 4.98. The molecule has 0 atom stereocenters. The number of rotatable bonds is 5. The summed E-state index contributed by atoms with van der Waals surface area (Å²) < 4.78 is 69.0. The Balaban J connectivity index is 1.86. The van der Waals surface area contributed by atoms with E-state index >= 15 is 0 Å². The minimum Gasteiger partial charge on any atom is -0.406 e. The number of halogens is 3. The highest BCUT2D eigenvalue weighted by atomic mass is 32.2. The van der Waals surface area contributed by atoms with E-state index < -0.39 is 22.1 Å². The minimum absolute atomic E-state index is 0.222. The van der Waals surface area contributed by atoms with Gasteiger partial charge in [-0.05, 0) is 36.4 Å². The zero-order chi connectivity index (χ0) is 18.8. The van der Waals surface area contributed by atoms with Crippen LogP contribution in [-0.4, -0.2) is 29.5 Å². The first-order chi connectivity index (χ1) is 12.2. The lowest BCUT2D eigenvalue weighted by Crippen LogP contribution is -2.17. The van der Waals surface area contributed by atoms with E-state index in [2.05, 4.69) is 19.5 Å². The van der Waals surface area contributed by atoms with Crippen LogP contribution in [0.1, 0.15) is 0 Å². The van der Waals surface area contributed by atoms with Crippen molar-refractivity contribution in [2.75, 3.05) is 4.72 Å². The lowest BCUT2D eigenvalue weighted by Gasteiger charge is -2.13. The standard InChI is InChI=1S/C15H11F3N4O3S/c16-15(17,18)25-11-5-7-12(8-6-11)26(23,24)21-13-3-1-2-4-14(13)22-10-19-9-20-22/h1-10,21H. The van der Waals surface area contributed by atoms with Crippen molar-refractivity contribution in [3.05, 3.63) is 61.2 Å². The number of para-hydroxylation sites is 2. The van der Waals surface area contributed by atoms with Crippen molar-refractivity contribution in [3.8, 4) is 11.4 Å². The van der Waals surface area contributed by atoms with Gasteiger partial charge in [-0.25, -0.2) is 18.1 Å². The van der Waals surface area contributed by atoms with E-state index in [0.717, 1.165) is 24.3 Å². The Hall–Kier alpha value is -3.08. The third-order valence-electron chi connectivity index (χ3n) is 3.18. The van der Waals surface area contributed by atoms with Crippen LogP contribution < -0.4 is 9.46 Å². The van der Waals surface area contributed by atoms with Gasteiger partial charge < -0.3 is 4.74 Å². The number of benzene rings is 2. The number of sulfonamides is 1. The van der Waals surface area contributed by atoms with Gasteiger partial charge in [0.05, 0.1) is 16.3 Å². The molecule has 0 saturated carbocycles. The number of hydrogen-bond acceptors (Lipinski definition) is 5. The molecule has 0 bridgehead atoms. The highest BCUT2D eigenvalue weighted by Gasteiger charge is 2.31. The average molecular weight is 384 g/mol. The van der Waals surface area contributed by atoms with Crippen molar-refractivity contribution < 1.29 is 26.3 Å². The van der Waals surface area contributed by atoms with Gasteiger partial charge in [0.15, 0.2) is 0 Å². The van der Waals surface area contributed by atoms with Gasteiger partial charge in [-0.15, -0.1) is 13.2 Å². The van der Waals surface area contributed by atoms with Crippen molar-refractivity contribution in [1.29, 1.82) is 0 Å². The Bertz CT molecular complexity index is 988. The van der Waals surface area contributed by atoms with Crippen LogP contribution >= 0.6 is 0 Å². The topological polar surface area (TPSA) is 86.1 Å². The van der Waals surface area contributed by atoms with E-state index in [0.29, 0.717) is 5.69 Å². The van der Waals surface area contributed by atoms with Gasteiger partial charge in [-0.1, -0.05) is 12.1 Å². The van der Waals surface area contributed by atoms with Crippen molar-refractivity contribution in [3.63, 3.8) is 0 Å². The van der Waals surface area contributed by atoms with Crippen molar-refractivity contribution >= 4 is 15.7 Å². The summed E-state index contributed by atoms with van der Waals surface area (Å²) in [5.74, 6) is -0.514. The predicted molar refractivity (Wildman–Crippen MR) is 85.3 cm³/mol. The summed E-state index contributed by atoms with van der Waals surface area (Å²) in [6.45, 7) is 0. The zero-order valence-corrected chi connectivity index (χ0v) is 13.7. The number of hydrogen-bond donors (Lipinski definition) is 1. The highest BCUT2D eigenvalue weighted by Crippen LogP contribution is 2.26. The fourth-order valence-corrected chi connectivity index (χ4v) is 3.19. The number of anilines is 1. The molecule has 26 heavy (non-hydrogen) atoms. The molecule has 7 nitrogen and oxygen atoms in total. The fraction of sp³-hybridized carbons (Fsp3) is 0.0667. The lowest BCUT2D eigenvalue weighted by molar-refractivity contribution is -0.274. The summed E-state index contributed by atoms with van der Waals surface area (Å²) in [4.78, 5) is 3.58. The molecule has 0 fully saturated rings. The molecule has 11 heteroatoms. The molecule has 0 unspecified atom stereocenters. The van der Waals surface area contributed by atoms with E-state index in [-0.39, 0.29) is 10.6 Å². The van der Waals surface area contributed by atoms with Crippen LogP contribution in [0.25, 0.3) is 5.69 Å².